The SMILES string of the molecule is NC(=O)C1CCN(C(=O)Cn2nc(C3CC3)ccc2=O)CC1. The first-order chi connectivity index (χ1) is 10.5. The molecule has 22 heavy (non-hydrogen) atoms. The van der Waals surface area contributed by atoms with Crippen molar-refractivity contribution in [1.29, 1.82) is 0 Å². The maximum absolute atomic E-state index is 12.3. The minimum absolute atomic E-state index is 0.0410. The number of amides is 2. The van der Waals surface area contributed by atoms with E-state index in [-0.39, 0.29) is 29.8 Å². The van der Waals surface area contributed by atoms with Crippen molar-refractivity contribution in [2.24, 2.45) is 11.7 Å². The molecule has 2 amide bonds. The Kier molecular flexibility index (Phi) is 3.96. The van der Waals surface area contributed by atoms with Crippen LogP contribution in [0.3, 0.4) is 0 Å². The second-order valence-electron chi connectivity index (χ2n) is 6.09. The van der Waals surface area contributed by atoms with Gasteiger partial charge < -0.3 is 10.6 Å². The first-order valence-electron chi connectivity index (χ1n) is 7.70. The lowest BCUT2D eigenvalue weighted by atomic mass is 9.96. The van der Waals surface area contributed by atoms with Crippen LogP contribution >= 0.6 is 0 Å². The fraction of sp³-hybridized carbons (Fsp3) is 0.600. The van der Waals surface area contributed by atoms with Gasteiger partial charge in [-0.2, -0.15) is 5.10 Å². The average Bonchev–Trinajstić information content (AvgIpc) is 3.34. The fourth-order valence-corrected chi connectivity index (χ4v) is 2.82. The number of hydrogen-bond acceptors (Lipinski definition) is 4. The van der Waals surface area contributed by atoms with E-state index in [1.807, 2.05) is 0 Å². The summed E-state index contributed by atoms with van der Waals surface area (Å²) in [7, 11) is 0. The number of primary amides is 1. The summed E-state index contributed by atoms with van der Waals surface area (Å²) in [6.45, 7) is 0.966. The van der Waals surface area contributed by atoms with Gasteiger partial charge in [-0.05, 0) is 31.7 Å². The van der Waals surface area contributed by atoms with Crippen LogP contribution in [-0.2, 0) is 16.1 Å². The summed E-state index contributed by atoms with van der Waals surface area (Å²) >= 11 is 0. The molecule has 0 bridgehead atoms. The summed E-state index contributed by atoms with van der Waals surface area (Å²) < 4.78 is 1.25. The van der Waals surface area contributed by atoms with Crippen LogP contribution in [0, 0.1) is 5.92 Å². The van der Waals surface area contributed by atoms with Crippen LogP contribution in [0.2, 0.25) is 0 Å². The third-order valence-electron chi connectivity index (χ3n) is 4.42. The van der Waals surface area contributed by atoms with E-state index in [2.05, 4.69) is 5.10 Å². The van der Waals surface area contributed by atoms with Gasteiger partial charge in [-0.15, -0.1) is 0 Å². The number of nitrogens with two attached hydrogens (primary N) is 1. The zero-order chi connectivity index (χ0) is 15.7. The Hall–Kier alpha value is -2.18. The van der Waals surface area contributed by atoms with E-state index in [1.165, 1.54) is 10.7 Å². The van der Waals surface area contributed by atoms with Gasteiger partial charge >= 0.3 is 0 Å². The number of hydrogen-bond donors (Lipinski definition) is 1. The van der Waals surface area contributed by atoms with E-state index in [4.69, 9.17) is 5.73 Å². The van der Waals surface area contributed by atoms with Crippen LogP contribution < -0.4 is 11.3 Å². The Morgan fingerprint density at radius 3 is 2.45 bits per heavy atom. The van der Waals surface area contributed by atoms with Crippen molar-refractivity contribution in [2.45, 2.75) is 38.1 Å². The van der Waals surface area contributed by atoms with Crippen LogP contribution in [0.15, 0.2) is 16.9 Å². The van der Waals surface area contributed by atoms with E-state index in [0.29, 0.717) is 31.8 Å². The quantitative estimate of drug-likeness (QED) is 0.836. The highest BCUT2D eigenvalue weighted by atomic mass is 16.2. The number of aromatic nitrogens is 2. The van der Waals surface area contributed by atoms with Crippen molar-refractivity contribution in [1.82, 2.24) is 14.7 Å². The molecule has 1 aliphatic carbocycles. The smallest absolute Gasteiger partial charge is 0.267 e. The minimum Gasteiger partial charge on any atom is -0.369 e. The summed E-state index contributed by atoms with van der Waals surface area (Å²) in [5.74, 6) is -0.149. The highest BCUT2D eigenvalue weighted by Gasteiger charge is 2.28. The Balaban J connectivity index is 1.63. The Morgan fingerprint density at radius 2 is 1.86 bits per heavy atom. The molecule has 0 radical (unpaired) electrons. The fourth-order valence-electron chi connectivity index (χ4n) is 2.82. The van der Waals surface area contributed by atoms with Crippen molar-refractivity contribution in [3.63, 3.8) is 0 Å². The molecular formula is C15H20N4O3. The number of rotatable bonds is 4. The van der Waals surface area contributed by atoms with Crippen LogP contribution in [0.5, 0.6) is 0 Å². The summed E-state index contributed by atoms with van der Waals surface area (Å²) in [4.78, 5) is 37.0. The first-order valence-corrected chi connectivity index (χ1v) is 7.70. The van der Waals surface area contributed by atoms with Gasteiger partial charge in [0.1, 0.15) is 6.54 Å². The van der Waals surface area contributed by atoms with Gasteiger partial charge in [0.2, 0.25) is 11.8 Å². The van der Waals surface area contributed by atoms with Gasteiger partial charge in [0.25, 0.3) is 5.56 Å². The second kappa shape index (κ2) is 5.90. The Bertz CT molecular complexity index is 642. The highest BCUT2D eigenvalue weighted by molar-refractivity contribution is 5.78. The van der Waals surface area contributed by atoms with Crippen LogP contribution in [0.1, 0.15) is 37.3 Å². The maximum Gasteiger partial charge on any atom is 0.267 e. The van der Waals surface area contributed by atoms with Crippen LogP contribution in [0.4, 0.5) is 0 Å². The van der Waals surface area contributed by atoms with Crippen LogP contribution in [0.25, 0.3) is 0 Å². The Labute approximate surface area is 128 Å². The molecule has 2 fully saturated rings. The topological polar surface area (TPSA) is 98.3 Å². The van der Waals surface area contributed by atoms with Crippen molar-refractivity contribution in [2.75, 3.05) is 13.1 Å². The molecule has 1 aliphatic heterocycles. The molecule has 2 heterocycles. The normalized spacial score (nSPS) is 19.2. The second-order valence-corrected chi connectivity index (χ2v) is 6.09. The molecule has 7 heteroatoms. The molecule has 118 valence electrons. The van der Waals surface area contributed by atoms with Crippen molar-refractivity contribution in [3.8, 4) is 0 Å². The van der Waals surface area contributed by atoms with E-state index >= 15 is 0 Å². The molecule has 1 aromatic rings. The number of likely N-dealkylation sites (tertiary alicyclic amines) is 1. The van der Waals surface area contributed by atoms with E-state index in [9.17, 15) is 14.4 Å². The van der Waals surface area contributed by atoms with E-state index in [0.717, 1.165) is 18.5 Å². The number of nitrogens with zero attached hydrogens (tertiary/aromatic N) is 3. The predicted molar refractivity (Wildman–Crippen MR) is 79.0 cm³/mol. The lowest BCUT2D eigenvalue weighted by molar-refractivity contribution is -0.135. The van der Waals surface area contributed by atoms with Crippen molar-refractivity contribution in [3.05, 3.63) is 28.2 Å². The molecule has 0 atom stereocenters. The molecule has 2 N–H and O–H groups in total. The summed E-state index contributed by atoms with van der Waals surface area (Å²) in [5.41, 5.74) is 5.91. The van der Waals surface area contributed by atoms with E-state index in [1.54, 1.807) is 11.0 Å². The van der Waals surface area contributed by atoms with Crippen molar-refractivity contribution >= 4 is 11.8 Å². The number of piperidine rings is 1. The zero-order valence-corrected chi connectivity index (χ0v) is 12.4. The Morgan fingerprint density at radius 1 is 1.18 bits per heavy atom. The zero-order valence-electron chi connectivity index (χ0n) is 12.4. The van der Waals surface area contributed by atoms with Gasteiger partial charge in [-0.25, -0.2) is 4.68 Å². The summed E-state index contributed by atoms with van der Waals surface area (Å²) in [5, 5.41) is 4.29. The lowest BCUT2D eigenvalue weighted by Crippen LogP contribution is -2.44. The monoisotopic (exact) mass is 304 g/mol. The van der Waals surface area contributed by atoms with Gasteiger partial charge in [-0.1, -0.05) is 0 Å². The van der Waals surface area contributed by atoms with Crippen LogP contribution in [-0.4, -0.2) is 39.6 Å². The molecule has 1 aromatic heterocycles. The molecule has 0 spiro atoms. The molecule has 1 saturated carbocycles. The largest absolute Gasteiger partial charge is 0.369 e. The molecule has 0 unspecified atom stereocenters. The molecule has 7 nitrogen and oxygen atoms in total. The maximum atomic E-state index is 12.3. The van der Waals surface area contributed by atoms with Gasteiger partial charge in [0, 0.05) is 31.0 Å². The number of carbonyl (C=O) groups excluding carboxylic acids is 2. The minimum atomic E-state index is -0.304. The third-order valence-corrected chi connectivity index (χ3v) is 4.42. The highest BCUT2D eigenvalue weighted by Crippen LogP contribution is 2.38. The summed E-state index contributed by atoms with van der Waals surface area (Å²) in [6.07, 6.45) is 3.37. The van der Waals surface area contributed by atoms with Crippen molar-refractivity contribution < 1.29 is 9.59 Å². The average molecular weight is 304 g/mol. The van der Waals surface area contributed by atoms with Gasteiger partial charge in [0.15, 0.2) is 0 Å². The predicted octanol–water partition coefficient (Wildman–Crippen LogP) is -0.155. The van der Waals surface area contributed by atoms with Gasteiger partial charge in [-0.3, -0.25) is 14.4 Å². The van der Waals surface area contributed by atoms with Gasteiger partial charge in [0.05, 0.1) is 5.69 Å². The summed E-state index contributed by atoms with van der Waals surface area (Å²) in [6, 6.07) is 3.23. The molecule has 2 aliphatic rings. The molecule has 1 saturated heterocycles. The molecule has 0 aromatic carbocycles. The van der Waals surface area contributed by atoms with E-state index < -0.39 is 0 Å². The molecule has 3 rings (SSSR count). The standard InChI is InChI=1S/C15H20N4O3/c16-15(22)11-5-7-18(8-6-11)14(21)9-19-13(20)4-3-12(17-19)10-1-2-10/h3-4,10-11H,1-2,5-9H2,(H2,16,22). The number of carbonyl (C=O) groups is 2. The lowest BCUT2D eigenvalue weighted by Gasteiger charge is -2.30. The third kappa shape index (κ3) is 3.18. The molecular weight excluding hydrogens is 284 g/mol. The first kappa shape index (κ1) is 14.7.